The number of hydrogen-bond acceptors (Lipinski definition) is 6. The molecular formula is C15H16N6O2S. The van der Waals surface area contributed by atoms with Gasteiger partial charge in [0.25, 0.3) is 0 Å². The van der Waals surface area contributed by atoms with Crippen molar-refractivity contribution in [3.05, 3.63) is 64.2 Å². The van der Waals surface area contributed by atoms with Gasteiger partial charge in [-0.05, 0) is 12.5 Å². The minimum atomic E-state index is -0.458. The number of nitrogens with zero attached hydrogens (tertiary/aromatic N) is 6. The van der Waals surface area contributed by atoms with Gasteiger partial charge in [-0.1, -0.05) is 42.1 Å². The predicted octanol–water partition coefficient (Wildman–Crippen LogP) is 2.74. The minimum absolute atomic E-state index is 0.0164. The Hall–Kier alpha value is -2.68. The predicted molar refractivity (Wildman–Crippen MR) is 89.7 cm³/mol. The first kappa shape index (κ1) is 16.2. The van der Waals surface area contributed by atoms with E-state index in [4.69, 9.17) is 0 Å². The Morgan fingerprint density at radius 2 is 2.04 bits per heavy atom. The third-order valence-electron chi connectivity index (χ3n) is 3.47. The first-order chi connectivity index (χ1) is 11.7. The molecule has 2 heterocycles. The molecule has 1 aromatic carbocycles. The molecule has 8 nitrogen and oxygen atoms in total. The normalized spacial score (nSPS) is 10.9. The highest BCUT2D eigenvalue weighted by molar-refractivity contribution is 7.98. The Kier molecular flexibility index (Phi) is 4.90. The summed E-state index contributed by atoms with van der Waals surface area (Å²) in [5.41, 5.74) is 1.16. The Morgan fingerprint density at radius 3 is 2.71 bits per heavy atom. The lowest BCUT2D eigenvalue weighted by Crippen LogP contribution is -2.05. The van der Waals surface area contributed by atoms with E-state index in [1.54, 1.807) is 0 Å². The monoisotopic (exact) mass is 344 g/mol. The zero-order chi connectivity index (χ0) is 16.9. The quantitative estimate of drug-likeness (QED) is 0.372. The van der Waals surface area contributed by atoms with Crippen LogP contribution in [-0.2, 0) is 18.8 Å². The number of aromatic nitrogens is 5. The molecule has 24 heavy (non-hydrogen) atoms. The van der Waals surface area contributed by atoms with Gasteiger partial charge in [0, 0.05) is 13.0 Å². The van der Waals surface area contributed by atoms with Crippen LogP contribution in [0.15, 0.2) is 47.9 Å². The molecule has 0 saturated heterocycles. The minimum Gasteiger partial charge on any atom is -0.306 e. The Balaban J connectivity index is 1.70. The van der Waals surface area contributed by atoms with E-state index in [2.05, 4.69) is 32.0 Å². The van der Waals surface area contributed by atoms with Crippen molar-refractivity contribution in [2.75, 3.05) is 0 Å². The van der Waals surface area contributed by atoms with Crippen LogP contribution in [0.4, 0.5) is 5.69 Å². The molecule has 0 saturated carbocycles. The largest absolute Gasteiger partial charge is 0.307 e. The van der Waals surface area contributed by atoms with Gasteiger partial charge in [0.2, 0.25) is 0 Å². The topological polar surface area (TPSA) is 91.7 Å². The average molecular weight is 344 g/mol. The van der Waals surface area contributed by atoms with E-state index < -0.39 is 4.92 Å². The van der Waals surface area contributed by atoms with Crippen LogP contribution in [0.2, 0.25) is 0 Å². The fourth-order valence-corrected chi connectivity index (χ4v) is 3.17. The van der Waals surface area contributed by atoms with Crippen LogP contribution in [0.3, 0.4) is 0 Å². The first-order valence-corrected chi connectivity index (χ1v) is 8.41. The van der Waals surface area contributed by atoms with Crippen LogP contribution in [0.1, 0.15) is 18.3 Å². The Bertz CT molecular complexity index is 830. The van der Waals surface area contributed by atoms with Gasteiger partial charge in [0.05, 0.1) is 10.8 Å². The van der Waals surface area contributed by atoms with Crippen molar-refractivity contribution in [3.63, 3.8) is 0 Å². The maximum absolute atomic E-state index is 10.7. The number of rotatable bonds is 7. The van der Waals surface area contributed by atoms with Crippen molar-refractivity contribution in [3.8, 4) is 0 Å². The summed E-state index contributed by atoms with van der Waals surface area (Å²) in [6.45, 7) is 2.80. The molecule has 0 aliphatic rings. The molecule has 0 aliphatic carbocycles. The number of benzene rings is 1. The van der Waals surface area contributed by atoms with E-state index in [0.29, 0.717) is 5.88 Å². The Morgan fingerprint density at radius 1 is 1.25 bits per heavy atom. The lowest BCUT2D eigenvalue weighted by Gasteiger charge is -2.07. The molecule has 2 aromatic heterocycles. The van der Waals surface area contributed by atoms with E-state index in [1.165, 1.54) is 34.4 Å². The molecule has 0 fully saturated rings. The van der Waals surface area contributed by atoms with Crippen molar-refractivity contribution < 1.29 is 4.92 Å². The molecule has 0 amide bonds. The number of thioether (sulfide) groups is 1. The summed E-state index contributed by atoms with van der Waals surface area (Å²) in [6.07, 6.45) is 3.37. The third-order valence-corrected chi connectivity index (χ3v) is 4.42. The van der Waals surface area contributed by atoms with Crippen LogP contribution in [-0.4, -0.2) is 29.5 Å². The molecule has 0 unspecified atom stereocenters. The maximum atomic E-state index is 10.7. The zero-order valence-corrected chi connectivity index (χ0v) is 13.9. The first-order valence-electron chi connectivity index (χ1n) is 7.43. The summed E-state index contributed by atoms with van der Waals surface area (Å²) in [5.74, 6) is 1.34. The second-order valence-corrected chi connectivity index (χ2v) is 5.99. The van der Waals surface area contributed by atoms with Gasteiger partial charge in [-0.2, -0.15) is 5.10 Å². The summed E-state index contributed by atoms with van der Waals surface area (Å²) >= 11 is 1.45. The van der Waals surface area contributed by atoms with E-state index >= 15 is 0 Å². The van der Waals surface area contributed by atoms with Gasteiger partial charge in [-0.3, -0.25) is 14.8 Å². The molecular weight excluding hydrogens is 328 g/mol. The molecule has 9 heteroatoms. The summed E-state index contributed by atoms with van der Waals surface area (Å²) in [5, 5.41) is 24.0. The molecule has 0 atom stereocenters. The molecule has 0 bridgehead atoms. The molecule has 124 valence electrons. The van der Waals surface area contributed by atoms with Crippen molar-refractivity contribution in [2.45, 2.75) is 30.9 Å². The molecule has 0 aliphatic heterocycles. The summed E-state index contributed by atoms with van der Waals surface area (Å²) < 4.78 is 3.57. The smallest absolute Gasteiger partial charge is 0.306 e. The van der Waals surface area contributed by atoms with E-state index in [-0.39, 0.29) is 5.69 Å². The van der Waals surface area contributed by atoms with Gasteiger partial charge < -0.3 is 4.57 Å². The highest BCUT2D eigenvalue weighted by Gasteiger charge is 2.13. The van der Waals surface area contributed by atoms with Crippen molar-refractivity contribution >= 4 is 17.4 Å². The lowest BCUT2D eigenvalue weighted by molar-refractivity contribution is -0.385. The number of nitro groups is 1. The van der Waals surface area contributed by atoms with Gasteiger partial charge in [-0.25, -0.2) is 0 Å². The van der Waals surface area contributed by atoms with E-state index in [9.17, 15) is 10.1 Å². The molecule has 0 N–H and O–H groups in total. The number of hydrogen-bond donors (Lipinski definition) is 0. The second kappa shape index (κ2) is 7.26. The van der Waals surface area contributed by atoms with Crippen molar-refractivity contribution in [1.29, 1.82) is 0 Å². The van der Waals surface area contributed by atoms with Crippen LogP contribution in [0, 0.1) is 10.1 Å². The van der Waals surface area contributed by atoms with Gasteiger partial charge in [0.15, 0.2) is 5.16 Å². The third kappa shape index (κ3) is 3.62. The van der Waals surface area contributed by atoms with Crippen molar-refractivity contribution in [1.82, 2.24) is 24.5 Å². The average Bonchev–Trinajstić information content (AvgIpc) is 3.20. The fraction of sp³-hybridized carbons (Fsp3) is 0.267. The van der Waals surface area contributed by atoms with E-state index in [1.807, 2.05) is 25.1 Å². The summed E-state index contributed by atoms with van der Waals surface area (Å²) in [4.78, 5) is 10.2. The SMILES string of the molecule is CCn1c(Cc2ccccc2)nnc1SCn1cc([N+](=O)[O-])cn1. The lowest BCUT2D eigenvalue weighted by atomic mass is 10.1. The van der Waals surface area contributed by atoms with Crippen LogP contribution < -0.4 is 0 Å². The second-order valence-electron chi connectivity index (χ2n) is 5.07. The highest BCUT2D eigenvalue weighted by atomic mass is 32.2. The summed E-state index contributed by atoms with van der Waals surface area (Å²) in [6, 6.07) is 10.1. The standard InChI is InChI=1S/C15H16N6O2S/c1-2-20-14(8-12-6-4-3-5-7-12)17-18-15(20)24-11-19-10-13(9-16-19)21(22)23/h3-7,9-10H,2,8,11H2,1H3. The molecule has 3 rings (SSSR count). The van der Waals surface area contributed by atoms with Gasteiger partial charge >= 0.3 is 5.69 Å². The van der Waals surface area contributed by atoms with Crippen molar-refractivity contribution in [2.24, 2.45) is 0 Å². The zero-order valence-electron chi connectivity index (χ0n) is 13.1. The molecule has 0 radical (unpaired) electrons. The van der Waals surface area contributed by atoms with Gasteiger partial charge in [-0.15, -0.1) is 10.2 Å². The molecule has 3 aromatic rings. The maximum Gasteiger partial charge on any atom is 0.307 e. The highest BCUT2D eigenvalue weighted by Crippen LogP contribution is 2.21. The van der Waals surface area contributed by atoms with Crippen LogP contribution in [0.25, 0.3) is 0 Å². The fourth-order valence-electron chi connectivity index (χ4n) is 2.29. The summed E-state index contributed by atoms with van der Waals surface area (Å²) in [7, 11) is 0. The van der Waals surface area contributed by atoms with Crippen LogP contribution >= 0.6 is 11.8 Å². The Labute approximate surface area is 142 Å². The van der Waals surface area contributed by atoms with Crippen LogP contribution in [0.5, 0.6) is 0 Å². The van der Waals surface area contributed by atoms with Gasteiger partial charge in [0.1, 0.15) is 18.2 Å². The molecule has 0 spiro atoms. The van der Waals surface area contributed by atoms with E-state index in [0.717, 1.165) is 23.9 Å².